The second kappa shape index (κ2) is 11.8. The van der Waals surface area contributed by atoms with Crippen LogP contribution in [0.25, 0.3) is 6.08 Å². The number of amides is 3. The van der Waals surface area contributed by atoms with Gasteiger partial charge in [0.15, 0.2) is 11.5 Å². The summed E-state index contributed by atoms with van der Waals surface area (Å²) in [4.78, 5) is 51.1. The summed E-state index contributed by atoms with van der Waals surface area (Å²) >= 11 is 4.28. The highest BCUT2D eigenvalue weighted by Crippen LogP contribution is 2.40. The van der Waals surface area contributed by atoms with Crippen LogP contribution < -0.4 is 9.47 Å². The Morgan fingerprint density at radius 3 is 2.51 bits per heavy atom. The molecule has 2 aromatic carbocycles. The molecular weight excluding hydrogens is 566 g/mol. The summed E-state index contributed by atoms with van der Waals surface area (Å²) in [5, 5.41) is 10.4. The van der Waals surface area contributed by atoms with Gasteiger partial charge in [0.25, 0.3) is 16.8 Å². The largest absolute Gasteiger partial charge is 0.490 e. The molecule has 4 rings (SSSR count). The van der Waals surface area contributed by atoms with Crippen LogP contribution in [0.15, 0.2) is 45.8 Å². The standard InChI is InChI=1S/C25H24BrN3O7S/c1-2-35-20-12-17(11-19(26)23(20)36-15-16-5-7-18(8-6-16)29(33)34)13-21-24(31)28(25(32)37-21)14-22(30)27-9-3-4-10-27/h5-8,11-13H,2-4,9-10,14-15H2,1H3/b21-13-. The van der Waals surface area contributed by atoms with Crippen molar-refractivity contribution in [2.24, 2.45) is 0 Å². The Labute approximate surface area is 225 Å². The summed E-state index contributed by atoms with van der Waals surface area (Å²) in [5.41, 5.74) is 1.34. The molecule has 3 amide bonds. The van der Waals surface area contributed by atoms with Crippen LogP contribution in [0.3, 0.4) is 0 Å². The van der Waals surface area contributed by atoms with Gasteiger partial charge < -0.3 is 14.4 Å². The van der Waals surface area contributed by atoms with E-state index in [1.165, 1.54) is 12.1 Å². The highest BCUT2D eigenvalue weighted by molar-refractivity contribution is 9.10. The minimum Gasteiger partial charge on any atom is -0.490 e. The van der Waals surface area contributed by atoms with Crippen LogP contribution in [-0.4, -0.2) is 58.0 Å². The van der Waals surface area contributed by atoms with E-state index in [0.717, 1.165) is 35.1 Å². The minimum atomic E-state index is -0.505. The van der Waals surface area contributed by atoms with E-state index in [1.807, 2.05) is 6.92 Å². The molecule has 2 saturated heterocycles. The maximum Gasteiger partial charge on any atom is 0.294 e. The molecule has 0 saturated carbocycles. The van der Waals surface area contributed by atoms with Gasteiger partial charge in [-0.15, -0.1) is 0 Å². The highest BCUT2D eigenvalue weighted by atomic mass is 79.9. The van der Waals surface area contributed by atoms with Gasteiger partial charge in [-0.3, -0.25) is 29.4 Å². The van der Waals surface area contributed by atoms with Crippen molar-refractivity contribution in [3.05, 3.63) is 67.0 Å². The number of halogens is 1. The van der Waals surface area contributed by atoms with Crippen molar-refractivity contribution >= 4 is 56.5 Å². The van der Waals surface area contributed by atoms with Crippen LogP contribution in [0.2, 0.25) is 0 Å². The van der Waals surface area contributed by atoms with Gasteiger partial charge in [-0.25, -0.2) is 0 Å². The fraction of sp³-hybridized carbons (Fsp3) is 0.320. The summed E-state index contributed by atoms with van der Waals surface area (Å²) in [6.07, 6.45) is 3.44. The number of nitro benzene ring substituents is 1. The maximum atomic E-state index is 12.9. The Kier molecular flexibility index (Phi) is 8.49. The number of benzene rings is 2. The molecule has 0 radical (unpaired) electrons. The number of carbonyl (C=O) groups is 3. The third-order valence-electron chi connectivity index (χ3n) is 5.79. The molecule has 2 aromatic rings. The quantitative estimate of drug-likeness (QED) is 0.228. The lowest BCUT2D eigenvalue weighted by Gasteiger charge is -2.18. The summed E-state index contributed by atoms with van der Waals surface area (Å²) in [5.74, 6) is 0.127. The molecule has 2 heterocycles. The molecule has 0 atom stereocenters. The van der Waals surface area contributed by atoms with Gasteiger partial charge in [0.2, 0.25) is 5.91 Å². The predicted octanol–water partition coefficient (Wildman–Crippen LogP) is 4.99. The molecule has 0 aliphatic carbocycles. The minimum absolute atomic E-state index is 0.00545. The van der Waals surface area contributed by atoms with E-state index in [0.29, 0.717) is 41.2 Å². The number of nitro groups is 1. The van der Waals surface area contributed by atoms with Gasteiger partial charge >= 0.3 is 0 Å². The van der Waals surface area contributed by atoms with Gasteiger partial charge in [0.1, 0.15) is 13.2 Å². The second-order valence-corrected chi connectivity index (χ2v) is 10.2. The van der Waals surface area contributed by atoms with Gasteiger partial charge in [0, 0.05) is 25.2 Å². The number of imide groups is 1. The van der Waals surface area contributed by atoms with E-state index in [2.05, 4.69) is 15.9 Å². The number of carbonyl (C=O) groups excluding carboxylic acids is 3. The van der Waals surface area contributed by atoms with Crippen molar-refractivity contribution in [1.82, 2.24) is 9.80 Å². The van der Waals surface area contributed by atoms with Crippen molar-refractivity contribution in [1.29, 1.82) is 0 Å². The molecule has 0 spiro atoms. The van der Waals surface area contributed by atoms with Crippen molar-refractivity contribution in [2.45, 2.75) is 26.4 Å². The Hall–Kier alpha value is -3.38. The first-order chi connectivity index (χ1) is 17.8. The van der Waals surface area contributed by atoms with Gasteiger partial charge in [-0.2, -0.15) is 0 Å². The molecule has 0 bridgehead atoms. The van der Waals surface area contributed by atoms with Crippen LogP contribution in [0, 0.1) is 10.1 Å². The van der Waals surface area contributed by atoms with E-state index >= 15 is 0 Å². The van der Waals surface area contributed by atoms with E-state index < -0.39 is 16.1 Å². The molecule has 0 N–H and O–H groups in total. The molecule has 37 heavy (non-hydrogen) atoms. The first kappa shape index (κ1) is 26.7. The van der Waals surface area contributed by atoms with Crippen LogP contribution in [0.4, 0.5) is 10.5 Å². The average Bonchev–Trinajstić information content (AvgIpc) is 3.49. The molecular formula is C25H24BrN3O7S. The lowest BCUT2D eigenvalue weighted by Crippen LogP contribution is -2.40. The smallest absolute Gasteiger partial charge is 0.294 e. The number of likely N-dealkylation sites (tertiary alicyclic amines) is 1. The highest BCUT2D eigenvalue weighted by Gasteiger charge is 2.37. The molecule has 194 valence electrons. The van der Waals surface area contributed by atoms with Gasteiger partial charge in [0.05, 0.1) is 20.9 Å². The molecule has 0 aromatic heterocycles. The SMILES string of the molecule is CCOc1cc(/C=C2\SC(=O)N(CC(=O)N3CCCC3)C2=O)cc(Br)c1OCc1ccc([N+](=O)[O-])cc1. The van der Waals surface area contributed by atoms with Crippen molar-refractivity contribution in [2.75, 3.05) is 26.2 Å². The first-order valence-electron chi connectivity index (χ1n) is 11.6. The molecule has 2 aliphatic rings. The molecule has 2 aliphatic heterocycles. The van der Waals surface area contributed by atoms with E-state index in [4.69, 9.17) is 9.47 Å². The van der Waals surface area contributed by atoms with E-state index in [1.54, 1.807) is 35.2 Å². The lowest BCUT2D eigenvalue weighted by molar-refractivity contribution is -0.384. The predicted molar refractivity (Wildman–Crippen MR) is 141 cm³/mol. The number of non-ortho nitro benzene ring substituents is 1. The fourth-order valence-electron chi connectivity index (χ4n) is 3.93. The monoisotopic (exact) mass is 589 g/mol. The third kappa shape index (κ3) is 6.31. The normalized spacial score (nSPS) is 16.5. The lowest BCUT2D eigenvalue weighted by atomic mass is 10.1. The Balaban J connectivity index is 1.50. The molecule has 0 unspecified atom stereocenters. The second-order valence-electron chi connectivity index (χ2n) is 8.33. The first-order valence-corrected chi connectivity index (χ1v) is 13.2. The third-order valence-corrected chi connectivity index (χ3v) is 7.28. The van der Waals surface area contributed by atoms with Crippen molar-refractivity contribution in [3.63, 3.8) is 0 Å². The van der Waals surface area contributed by atoms with Crippen molar-refractivity contribution in [3.8, 4) is 11.5 Å². The molecule has 10 nitrogen and oxygen atoms in total. The number of rotatable bonds is 9. The summed E-state index contributed by atoms with van der Waals surface area (Å²) in [7, 11) is 0. The summed E-state index contributed by atoms with van der Waals surface area (Å²) < 4.78 is 12.3. The van der Waals surface area contributed by atoms with E-state index in [9.17, 15) is 24.5 Å². The Morgan fingerprint density at radius 1 is 1.16 bits per heavy atom. The molecule has 12 heteroatoms. The Bertz CT molecular complexity index is 1260. The zero-order chi connectivity index (χ0) is 26.5. The maximum absolute atomic E-state index is 12.9. The van der Waals surface area contributed by atoms with Crippen LogP contribution in [0.1, 0.15) is 30.9 Å². The Morgan fingerprint density at radius 2 is 1.86 bits per heavy atom. The van der Waals surface area contributed by atoms with E-state index in [-0.39, 0.29) is 29.7 Å². The van der Waals surface area contributed by atoms with Crippen molar-refractivity contribution < 1.29 is 28.8 Å². The number of thioether (sulfide) groups is 1. The van der Waals surface area contributed by atoms with Crippen LogP contribution in [-0.2, 0) is 16.2 Å². The number of nitrogens with zero attached hydrogens (tertiary/aromatic N) is 3. The number of ether oxygens (including phenoxy) is 2. The topological polar surface area (TPSA) is 119 Å². The average molecular weight is 590 g/mol. The fourth-order valence-corrected chi connectivity index (χ4v) is 5.35. The van der Waals surface area contributed by atoms with Gasteiger partial charge in [-0.05, 0) is 88.9 Å². The summed E-state index contributed by atoms with van der Waals surface area (Å²) in [6, 6.07) is 9.48. The number of hydrogen-bond donors (Lipinski definition) is 0. The van der Waals surface area contributed by atoms with Crippen LogP contribution >= 0.6 is 27.7 Å². The summed E-state index contributed by atoms with van der Waals surface area (Å²) in [6.45, 7) is 3.38. The zero-order valence-electron chi connectivity index (χ0n) is 20.0. The number of hydrogen-bond acceptors (Lipinski definition) is 8. The van der Waals surface area contributed by atoms with Gasteiger partial charge in [-0.1, -0.05) is 0 Å². The van der Waals surface area contributed by atoms with Crippen LogP contribution in [0.5, 0.6) is 11.5 Å². The molecule has 2 fully saturated rings. The zero-order valence-corrected chi connectivity index (χ0v) is 22.4.